The van der Waals surface area contributed by atoms with Crippen LogP contribution in [-0.2, 0) is 28.6 Å². The van der Waals surface area contributed by atoms with Crippen molar-refractivity contribution in [2.75, 3.05) is 13.2 Å². The highest BCUT2D eigenvalue weighted by molar-refractivity contribution is 5.71. The topological polar surface area (TPSA) is 78.9 Å². The Kier molecular flexibility index (Phi) is 65.6. The normalized spacial score (nSPS) is 12.3. The summed E-state index contributed by atoms with van der Waals surface area (Å²) in [5.74, 6) is -0.888. The Balaban J connectivity index is 4.02. The minimum atomic E-state index is -0.785. The number of carbonyl (C=O) groups is 3. The Hall–Kier alpha value is -2.63. The van der Waals surface area contributed by atoms with Crippen molar-refractivity contribution in [3.63, 3.8) is 0 Å². The molecule has 0 saturated carbocycles. The van der Waals surface area contributed by atoms with Crippen molar-refractivity contribution in [1.82, 2.24) is 0 Å². The zero-order chi connectivity index (χ0) is 57.1. The Labute approximate surface area is 492 Å². The summed E-state index contributed by atoms with van der Waals surface area (Å²) in [6.45, 7) is 6.55. The Morgan fingerprint density at radius 3 is 0.797 bits per heavy atom. The highest BCUT2D eigenvalue weighted by Crippen LogP contribution is 2.18. The number of ether oxygens (including phenoxy) is 3. The second-order valence-corrected chi connectivity index (χ2v) is 23.8. The van der Waals surface area contributed by atoms with Crippen LogP contribution in [0.1, 0.15) is 380 Å². The molecule has 462 valence electrons. The third-order valence-corrected chi connectivity index (χ3v) is 15.8. The quantitative estimate of drug-likeness (QED) is 0.0261. The predicted molar refractivity (Wildman–Crippen MR) is 344 cm³/mol. The van der Waals surface area contributed by atoms with Gasteiger partial charge >= 0.3 is 17.9 Å². The van der Waals surface area contributed by atoms with Gasteiger partial charge in [0.05, 0.1) is 0 Å². The zero-order valence-corrected chi connectivity index (χ0v) is 53.2. The minimum Gasteiger partial charge on any atom is -0.462 e. The van der Waals surface area contributed by atoms with E-state index in [0.29, 0.717) is 19.3 Å². The van der Waals surface area contributed by atoms with Gasteiger partial charge in [0.25, 0.3) is 0 Å². The molecule has 1 unspecified atom stereocenters. The van der Waals surface area contributed by atoms with Gasteiger partial charge in [-0.05, 0) is 77.0 Å². The SMILES string of the molecule is CC/C=C\C/C=C\C/C=C\CCCCCC(=O)OC(COC(=O)CCCCCCCCCCCCCCC)COC(=O)CCCCCCCCCCCCCCCCCCCCCCCCC/C=C\CCCCCCCCCC. The first-order valence-corrected chi connectivity index (χ1v) is 35.1. The number of carbonyl (C=O) groups excluding carboxylic acids is 3. The van der Waals surface area contributed by atoms with Crippen LogP contribution in [0.2, 0.25) is 0 Å². The van der Waals surface area contributed by atoms with Crippen molar-refractivity contribution in [3.8, 4) is 0 Å². The average Bonchev–Trinajstić information content (AvgIpc) is 3.45. The lowest BCUT2D eigenvalue weighted by atomic mass is 10.0. The molecule has 0 aliphatic rings. The molecule has 6 nitrogen and oxygen atoms in total. The Morgan fingerprint density at radius 1 is 0.266 bits per heavy atom. The second kappa shape index (κ2) is 67.9. The molecule has 0 bridgehead atoms. The first-order valence-electron chi connectivity index (χ1n) is 35.1. The van der Waals surface area contributed by atoms with Gasteiger partial charge in [0.1, 0.15) is 13.2 Å². The summed E-state index contributed by atoms with van der Waals surface area (Å²) < 4.78 is 16.9. The molecular weight excluding hydrogens is 973 g/mol. The fourth-order valence-electron chi connectivity index (χ4n) is 10.6. The molecule has 0 radical (unpaired) electrons. The minimum absolute atomic E-state index is 0.0801. The molecular formula is C73H134O6. The maximum absolute atomic E-state index is 12.9. The number of hydrogen-bond donors (Lipinski definition) is 0. The number of hydrogen-bond acceptors (Lipinski definition) is 6. The van der Waals surface area contributed by atoms with Gasteiger partial charge in [-0.3, -0.25) is 14.4 Å². The van der Waals surface area contributed by atoms with Crippen molar-refractivity contribution in [3.05, 3.63) is 48.6 Å². The Morgan fingerprint density at radius 2 is 0.494 bits per heavy atom. The van der Waals surface area contributed by atoms with Crippen LogP contribution in [0.3, 0.4) is 0 Å². The molecule has 79 heavy (non-hydrogen) atoms. The van der Waals surface area contributed by atoms with Crippen molar-refractivity contribution in [2.45, 2.75) is 386 Å². The van der Waals surface area contributed by atoms with Gasteiger partial charge in [0, 0.05) is 19.3 Å². The van der Waals surface area contributed by atoms with E-state index in [4.69, 9.17) is 14.2 Å². The maximum atomic E-state index is 12.9. The van der Waals surface area contributed by atoms with Crippen LogP contribution in [0.15, 0.2) is 48.6 Å². The molecule has 0 N–H and O–H groups in total. The Bertz CT molecular complexity index is 1360. The lowest BCUT2D eigenvalue weighted by Crippen LogP contribution is -2.30. The molecule has 0 rings (SSSR count). The molecule has 0 saturated heterocycles. The third kappa shape index (κ3) is 66.1. The van der Waals surface area contributed by atoms with Crippen LogP contribution in [-0.4, -0.2) is 37.2 Å². The standard InChI is InChI=1S/C73H134O6/c1-4-7-10-13-16-19-22-25-26-27-28-29-30-31-32-33-34-35-36-37-38-39-40-41-42-43-44-45-46-49-51-54-57-60-63-66-72(75)78-69-70(79-73(76)67-64-61-58-55-52-48-24-21-18-15-12-9-6-3)68-77-71(74)65-62-59-56-53-50-47-23-20-17-14-11-8-5-2/h9,12,18,21,27-28,48,52,70H,4-8,10-11,13-17,19-20,22-26,29-47,49-51,53-69H2,1-3H3/b12-9-,21-18-,28-27-,52-48-. The van der Waals surface area contributed by atoms with E-state index in [1.807, 2.05) is 0 Å². The molecule has 0 aliphatic carbocycles. The van der Waals surface area contributed by atoms with E-state index in [2.05, 4.69) is 69.4 Å². The van der Waals surface area contributed by atoms with Gasteiger partial charge in [0.2, 0.25) is 0 Å². The molecule has 0 fully saturated rings. The van der Waals surface area contributed by atoms with Crippen LogP contribution >= 0.6 is 0 Å². The van der Waals surface area contributed by atoms with E-state index in [1.165, 1.54) is 257 Å². The van der Waals surface area contributed by atoms with Gasteiger partial charge in [0.15, 0.2) is 6.10 Å². The van der Waals surface area contributed by atoms with Crippen LogP contribution in [0.4, 0.5) is 0 Å². The first-order chi connectivity index (χ1) is 39.0. The summed E-state index contributed by atoms with van der Waals surface area (Å²) in [5, 5.41) is 0. The summed E-state index contributed by atoms with van der Waals surface area (Å²) in [7, 11) is 0. The van der Waals surface area contributed by atoms with Crippen molar-refractivity contribution in [1.29, 1.82) is 0 Å². The molecule has 6 heteroatoms. The molecule has 0 aromatic rings. The molecule has 0 heterocycles. The molecule has 0 aromatic carbocycles. The van der Waals surface area contributed by atoms with E-state index >= 15 is 0 Å². The van der Waals surface area contributed by atoms with E-state index < -0.39 is 6.10 Å². The van der Waals surface area contributed by atoms with E-state index in [0.717, 1.165) is 83.5 Å². The van der Waals surface area contributed by atoms with Crippen molar-refractivity contribution < 1.29 is 28.6 Å². The van der Waals surface area contributed by atoms with Crippen molar-refractivity contribution in [2.24, 2.45) is 0 Å². The van der Waals surface area contributed by atoms with Crippen molar-refractivity contribution >= 4 is 17.9 Å². The van der Waals surface area contributed by atoms with Crippen LogP contribution < -0.4 is 0 Å². The largest absolute Gasteiger partial charge is 0.462 e. The molecule has 0 aliphatic heterocycles. The van der Waals surface area contributed by atoms with Gasteiger partial charge in [-0.25, -0.2) is 0 Å². The lowest BCUT2D eigenvalue weighted by Gasteiger charge is -2.18. The second-order valence-electron chi connectivity index (χ2n) is 23.8. The summed E-state index contributed by atoms with van der Waals surface area (Å²) in [4.78, 5) is 38.2. The van der Waals surface area contributed by atoms with E-state index in [-0.39, 0.29) is 31.1 Å². The lowest BCUT2D eigenvalue weighted by molar-refractivity contribution is -0.167. The molecule has 0 amide bonds. The maximum Gasteiger partial charge on any atom is 0.306 e. The summed E-state index contributed by atoms with van der Waals surface area (Å²) in [6, 6.07) is 0. The van der Waals surface area contributed by atoms with Crippen LogP contribution in [0.5, 0.6) is 0 Å². The molecule has 1 atom stereocenters. The molecule has 0 spiro atoms. The number of esters is 3. The predicted octanol–water partition coefficient (Wildman–Crippen LogP) is 24.1. The number of allylic oxidation sites excluding steroid dienone is 8. The summed E-state index contributed by atoms with van der Waals surface area (Å²) in [5.41, 5.74) is 0. The van der Waals surface area contributed by atoms with E-state index in [1.54, 1.807) is 0 Å². The summed E-state index contributed by atoms with van der Waals surface area (Å²) in [6.07, 6.45) is 86.0. The number of unbranched alkanes of at least 4 members (excludes halogenated alkanes) is 46. The third-order valence-electron chi connectivity index (χ3n) is 15.8. The fourth-order valence-corrected chi connectivity index (χ4v) is 10.6. The highest BCUT2D eigenvalue weighted by atomic mass is 16.6. The molecule has 0 aromatic heterocycles. The van der Waals surface area contributed by atoms with Crippen LogP contribution in [0, 0.1) is 0 Å². The summed E-state index contributed by atoms with van der Waals surface area (Å²) >= 11 is 0. The average molecular weight is 1110 g/mol. The first kappa shape index (κ1) is 76.4. The number of rotatable bonds is 65. The zero-order valence-electron chi connectivity index (χ0n) is 53.2. The van der Waals surface area contributed by atoms with Gasteiger partial charge < -0.3 is 14.2 Å². The van der Waals surface area contributed by atoms with Gasteiger partial charge in [-0.15, -0.1) is 0 Å². The van der Waals surface area contributed by atoms with E-state index in [9.17, 15) is 14.4 Å². The van der Waals surface area contributed by atoms with Gasteiger partial charge in [-0.2, -0.15) is 0 Å². The smallest absolute Gasteiger partial charge is 0.306 e. The fraction of sp³-hybridized carbons (Fsp3) is 0.849. The monoisotopic (exact) mass is 1110 g/mol. The van der Waals surface area contributed by atoms with Crippen LogP contribution in [0.25, 0.3) is 0 Å². The highest BCUT2D eigenvalue weighted by Gasteiger charge is 2.19. The van der Waals surface area contributed by atoms with Gasteiger partial charge in [-0.1, -0.05) is 333 Å².